The molecule has 0 aromatic heterocycles. The Hall–Kier alpha value is -0.880. The number of rotatable bonds is 3. The average molecular weight is 337 g/mol. The molecule has 5 nitrogen and oxygen atoms in total. The summed E-state index contributed by atoms with van der Waals surface area (Å²) in [6.45, 7) is 3.80. The zero-order valence-electron chi connectivity index (χ0n) is 11.7. The Balaban J connectivity index is 0.00000110. The van der Waals surface area contributed by atoms with Crippen LogP contribution in [0.5, 0.6) is 17.2 Å². The number of hydrogen-bond donors (Lipinski definition) is 4. The summed E-state index contributed by atoms with van der Waals surface area (Å²) in [7, 11) is 0. The monoisotopic (exact) mass is 336 g/mol. The second-order valence-corrected chi connectivity index (χ2v) is 5.44. The van der Waals surface area contributed by atoms with Gasteiger partial charge in [0.25, 0.3) is 0 Å². The Morgan fingerprint density at radius 3 is 2.19 bits per heavy atom. The van der Waals surface area contributed by atoms with Crippen LogP contribution >= 0.6 is 24.8 Å². The van der Waals surface area contributed by atoms with Gasteiger partial charge in [0.1, 0.15) is 0 Å². The number of piperazine rings is 1. The minimum Gasteiger partial charge on any atom is -0.504 e. The van der Waals surface area contributed by atoms with Crippen molar-refractivity contribution in [2.24, 2.45) is 5.92 Å². The van der Waals surface area contributed by atoms with Crippen molar-refractivity contribution in [3.8, 4) is 17.2 Å². The molecule has 0 spiro atoms. The molecule has 2 aliphatic rings. The SMILES string of the molecule is Cl.Cl.Oc1ccc([C@H](C2CC2)N2CCNCC2)c(O)c1O. The van der Waals surface area contributed by atoms with Crippen molar-refractivity contribution >= 4 is 24.8 Å². The molecule has 1 aromatic carbocycles. The number of hydrogen-bond acceptors (Lipinski definition) is 5. The molecule has 1 atom stereocenters. The lowest BCUT2D eigenvalue weighted by Crippen LogP contribution is -2.45. The number of halogens is 2. The second-order valence-electron chi connectivity index (χ2n) is 5.44. The van der Waals surface area contributed by atoms with Gasteiger partial charge < -0.3 is 20.6 Å². The van der Waals surface area contributed by atoms with Crippen LogP contribution in [0.25, 0.3) is 0 Å². The third-order valence-electron chi connectivity index (χ3n) is 4.09. The maximum Gasteiger partial charge on any atom is 0.200 e. The molecule has 0 unspecified atom stereocenters. The average Bonchev–Trinajstić information content (AvgIpc) is 3.25. The Labute approximate surface area is 136 Å². The van der Waals surface area contributed by atoms with Gasteiger partial charge in [0.15, 0.2) is 11.5 Å². The first-order chi connectivity index (χ1) is 9.18. The fraction of sp³-hybridized carbons (Fsp3) is 0.571. The maximum absolute atomic E-state index is 10.1. The van der Waals surface area contributed by atoms with Crippen LogP contribution < -0.4 is 5.32 Å². The van der Waals surface area contributed by atoms with Gasteiger partial charge in [0, 0.05) is 37.8 Å². The van der Waals surface area contributed by atoms with E-state index in [4.69, 9.17) is 0 Å². The molecule has 1 aromatic rings. The number of nitrogens with zero attached hydrogens (tertiary/aromatic N) is 1. The Kier molecular flexibility index (Phi) is 6.41. The van der Waals surface area contributed by atoms with E-state index in [0.717, 1.165) is 44.6 Å². The van der Waals surface area contributed by atoms with E-state index in [1.165, 1.54) is 6.07 Å². The van der Waals surface area contributed by atoms with Crippen molar-refractivity contribution in [2.75, 3.05) is 26.2 Å². The highest BCUT2D eigenvalue weighted by Crippen LogP contribution is 2.50. The Morgan fingerprint density at radius 1 is 1.00 bits per heavy atom. The molecular formula is C14H22Cl2N2O3. The first-order valence-corrected chi connectivity index (χ1v) is 6.87. The first-order valence-electron chi connectivity index (χ1n) is 6.87. The fourth-order valence-corrected chi connectivity index (χ4v) is 2.94. The molecule has 1 aliphatic carbocycles. The number of aromatic hydroxyl groups is 3. The molecule has 0 amide bonds. The van der Waals surface area contributed by atoms with Crippen LogP contribution in [0.2, 0.25) is 0 Å². The zero-order chi connectivity index (χ0) is 13.4. The molecule has 1 saturated carbocycles. The topological polar surface area (TPSA) is 76.0 Å². The molecule has 1 aliphatic heterocycles. The summed E-state index contributed by atoms with van der Waals surface area (Å²) in [6.07, 6.45) is 2.32. The molecule has 0 radical (unpaired) electrons. The number of benzene rings is 1. The maximum atomic E-state index is 10.1. The lowest BCUT2D eigenvalue weighted by molar-refractivity contribution is 0.153. The largest absolute Gasteiger partial charge is 0.504 e. The van der Waals surface area contributed by atoms with Crippen LogP contribution in [0.3, 0.4) is 0 Å². The third kappa shape index (κ3) is 3.66. The third-order valence-corrected chi connectivity index (χ3v) is 4.09. The summed E-state index contributed by atoms with van der Waals surface area (Å²) >= 11 is 0. The predicted octanol–water partition coefficient (Wildman–Crippen LogP) is 2.00. The summed E-state index contributed by atoms with van der Waals surface area (Å²) in [5.41, 5.74) is 0.736. The molecule has 2 fully saturated rings. The first kappa shape index (κ1) is 18.2. The van der Waals surface area contributed by atoms with Crippen LogP contribution in [0, 0.1) is 5.92 Å². The van der Waals surface area contributed by atoms with Gasteiger partial charge in [-0.05, 0) is 30.9 Å². The smallest absolute Gasteiger partial charge is 0.200 e. The van der Waals surface area contributed by atoms with E-state index in [2.05, 4.69) is 10.2 Å². The van der Waals surface area contributed by atoms with E-state index in [-0.39, 0.29) is 42.4 Å². The fourth-order valence-electron chi connectivity index (χ4n) is 2.94. The lowest BCUT2D eigenvalue weighted by Gasteiger charge is -2.35. The van der Waals surface area contributed by atoms with Crippen LogP contribution in [-0.4, -0.2) is 46.4 Å². The van der Waals surface area contributed by atoms with Crippen molar-refractivity contribution in [1.29, 1.82) is 0 Å². The van der Waals surface area contributed by atoms with E-state index in [0.29, 0.717) is 5.92 Å². The molecule has 7 heteroatoms. The van der Waals surface area contributed by atoms with Gasteiger partial charge in [-0.25, -0.2) is 0 Å². The highest BCUT2D eigenvalue weighted by atomic mass is 35.5. The number of nitrogens with one attached hydrogen (secondary N) is 1. The molecule has 1 heterocycles. The van der Waals surface area contributed by atoms with Crippen LogP contribution in [0.1, 0.15) is 24.4 Å². The van der Waals surface area contributed by atoms with Crippen molar-refractivity contribution in [3.63, 3.8) is 0 Å². The number of phenolic OH excluding ortho intramolecular Hbond substituents is 3. The van der Waals surface area contributed by atoms with E-state index in [1.54, 1.807) is 6.07 Å². The summed E-state index contributed by atoms with van der Waals surface area (Å²) < 4.78 is 0. The second kappa shape index (κ2) is 7.40. The van der Waals surface area contributed by atoms with E-state index < -0.39 is 5.75 Å². The van der Waals surface area contributed by atoms with Crippen molar-refractivity contribution < 1.29 is 15.3 Å². The molecular weight excluding hydrogens is 315 g/mol. The van der Waals surface area contributed by atoms with E-state index in [1.807, 2.05) is 0 Å². The molecule has 3 rings (SSSR count). The van der Waals surface area contributed by atoms with Crippen LogP contribution in [0.15, 0.2) is 12.1 Å². The summed E-state index contributed by atoms with van der Waals surface area (Å²) in [4.78, 5) is 2.36. The summed E-state index contributed by atoms with van der Waals surface area (Å²) in [6, 6.07) is 3.34. The highest BCUT2D eigenvalue weighted by molar-refractivity contribution is 5.85. The molecule has 120 valence electrons. The van der Waals surface area contributed by atoms with Gasteiger partial charge >= 0.3 is 0 Å². The van der Waals surface area contributed by atoms with Gasteiger partial charge in [-0.2, -0.15) is 0 Å². The molecule has 0 bridgehead atoms. The quantitative estimate of drug-likeness (QED) is 0.635. The van der Waals surface area contributed by atoms with E-state index >= 15 is 0 Å². The van der Waals surface area contributed by atoms with Gasteiger partial charge in [-0.3, -0.25) is 4.90 Å². The standard InChI is InChI=1S/C14H20N2O3.2ClH/c17-11-4-3-10(13(18)14(11)19)12(9-1-2-9)16-7-5-15-6-8-16;;/h3-4,9,12,15,17-19H,1-2,5-8H2;2*1H/t12-;;/m0../s1. The minimum absolute atomic E-state index is 0. The van der Waals surface area contributed by atoms with Crippen LogP contribution in [0.4, 0.5) is 0 Å². The van der Waals surface area contributed by atoms with Gasteiger partial charge in [0.2, 0.25) is 5.75 Å². The highest BCUT2D eigenvalue weighted by Gasteiger charge is 2.38. The van der Waals surface area contributed by atoms with E-state index in [9.17, 15) is 15.3 Å². The van der Waals surface area contributed by atoms with Gasteiger partial charge in [-0.1, -0.05) is 0 Å². The molecule has 21 heavy (non-hydrogen) atoms. The van der Waals surface area contributed by atoms with Gasteiger partial charge in [0.05, 0.1) is 0 Å². The Morgan fingerprint density at radius 2 is 1.62 bits per heavy atom. The minimum atomic E-state index is -0.404. The van der Waals surface area contributed by atoms with Crippen molar-refractivity contribution in [2.45, 2.75) is 18.9 Å². The van der Waals surface area contributed by atoms with Gasteiger partial charge in [-0.15, -0.1) is 24.8 Å². The summed E-state index contributed by atoms with van der Waals surface area (Å²) in [5, 5.41) is 32.6. The number of phenols is 3. The predicted molar refractivity (Wildman–Crippen MR) is 85.8 cm³/mol. The van der Waals surface area contributed by atoms with Crippen molar-refractivity contribution in [1.82, 2.24) is 10.2 Å². The Bertz CT molecular complexity index is 478. The van der Waals surface area contributed by atoms with Crippen molar-refractivity contribution in [3.05, 3.63) is 17.7 Å². The van der Waals surface area contributed by atoms with Crippen LogP contribution in [-0.2, 0) is 0 Å². The summed E-state index contributed by atoms with van der Waals surface area (Å²) in [5.74, 6) is -0.294. The molecule has 4 N–H and O–H groups in total. The molecule has 1 saturated heterocycles. The normalized spacial score (nSPS) is 20.2. The lowest BCUT2D eigenvalue weighted by atomic mass is 9.98. The zero-order valence-corrected chi connectivity index (χ0v) is 13.3.